The molecule has 174 valence electrons. The van der Waals surface area contributed by atoms with Gasteiger partial charge in [-0.2, -0.15) is 0 Å². The molecule has 0 N–H and O–H groups in total. The average molecular weight is 534 g/mol. The average Bonchev–Trinajstić information content (AvgIpc) is 2.85. The van der Waals surface area contributed by atoms with Crippen molar-refractivity contribution >= 4 is 50.3 Å². The molecule has 0 aromatic heterocycles. The zero-order chi connectivity index (χ0) is 22.1. The minimum atomic E-state index is -0.701. The fourth-order valence-corrected chi connectivity index (χ4v) is 9.25. The topological polar surface area (TPSA) is 0 Å². The van der Waals surface area contributed by atoms with Crippen molar-refractivity contribution in [1.29, 1.82) is 0 Å². The van der Waals surface area contributed by atoms with Crippen molar-refractivity contribution < 1.29 is 17.1 Å². The number of hydrogen-bond donors (Lipinski definition) is 0. The van der Waals surface area contributed by atoms with Crippen LogP contribution in [0.15, 0.2) is 115 Å². The molecule has 0 bridgehead atoms. The largest absolute Gasteiger partial charge is 0.358 e. The number of rotatable bonds is 5. The summed E-state index contributed by atoms with van der Waals surface area (Å²) in [7, 11) is -1.61. The van der Waals surface area contributed by atoms with E-state index >= 15 is 0 Å². The van der Waals surface area contributed by atoms with Crippen LogP contribution in [0.1, 0.15) is 0 Å². The maximum absolute atomic E-state index is 2.42. The third-order valence-corrected chi connectivity index (χ3v) is 12.1. The summed E-state index contributed by atoms with van der Waals surface area (Å²) in [6, 6.07) is 41.7. The number of benzene rings is 4. The molecule has 0 amide bonds. The van der Waals surface area contributed by atoms with E-state index in [4.69, 9.17) is 0 Å². The van der Waals surface area contributed by atoms with Gasteiger partial charge in [0, 0.05) is 25.0 Å². The summed E-state index contributed by atoms with van der Waals surface area (Å²) in [6.45, 7) is 9.44. The van der Waals surface area contributed by atoms with Crippen molar-refractivity contribution in [1.82, 2.24) is 0 Å². The van der Waals surface area contributed by atoms with Crippen molar-refractivity contribution in [2.24, 2.45) is 0 Å². The molecule has 0 saturated carbocycles. The molecule has 0 radical (unpaired) electrons. The van der Waals surface area contributed by atoms with Crippen LogP contribution in [-0.4, -0.2) is 26.7 Å². The summed E-state index contributed by atoms with van der Waals surface area (Å²) >= 11 is 0. The monoisotopic (exact) mass is 534 g/mol. The Bertz CT molecular complexity index is 973. The van der Waals surface area contributed by atoms with Gasteiger partial charge in [-0.3, -0.25) is 0 Å². The van der Waals surface area contributed by atoms with E-state index in [1.165, 1.54) is 15.9 Å². The molecule has 4 aromatic carbocycles. The van der Waals surface area contributed by atoms with Crippen molar-refractivity contribution in [3.8, 4) is 0 Å². The van der Waals surface area contributed by atoms with E-state index in [9.17, 15) is 0 Å². The Morgan fingerprint density at radius 1 is 0.394 bits per heavy atom. The first-order valence-electron chi connectivity index (χ1n) is 10.8. The van der Waals surface area contributed by atoms with Gasteiger partial charge in [0.05, 0.1) is 58.4 Å². The Hall–Kier alpha value is -1.31. The fourth-order valence-electron chi connectivity index (χ4n) is 3.60. The Kier molecular flexibility index (Phi) is 14.0. The van der Waals surface area contributed by atoms with E-state index in [1.54, 1.807) is 10.6 Å². The van der Waals surface area contributed by atoms with E-state index in [0.717, 1.165) is 0 Å². The predicted octanol–water partition coefficient (Wildman–Crippen LogP) is 5.51. The first-order valence-corrected chi connectivity index (χ1v) is 17.3. The van der Waals surface area contributed by atoms with Gasteiger partial charge in [-0.05, 0) is 48.5 Å². The summed E-state index contributed by atoms with van der Waals surface area (Å²) in [4.78, 5) is 0. The van der Waals surface area contributed by atoms with Crippen LogP contribution in [0.25, 0.3) is 0 Å². The zero-order valence-corrected chi connectivity index (χ0v) is 24.4. The SMILES string of the molecule is C[PH+](C)c1ccccc1.C[PH+](c1ccccc1)c1ccccc1[PH+](C)c1ccccc1.[CH3-].[Fe]. The fraction of sp³-hybridized carbons (Fsp3) is 0.138. The molecule has 0 fully saturated rings. The molecule has 0 spiro atoms. The smallest absolute Gasteiger partial charge is 0.138 e. The summed E-state index contributed by atoms with van der Waals surface area (Å²) < 4.78 is 0. The van der Waals surface area contributed by atoms with E-state index in [2.05, 4.69) is 142 Å². The quantitative estimate of drug-likeness (QED) is 0.180. The van der Waals surface area contributed by atoms with Crippen molar-refractivity contribution in [3.63, 3.8) is 0 Å². The van der Waals surface area contributed by atoms with Crippen LogP contribution < -0.4 is 26.5 Å². The Morgan fingerprint density at radius 3 is 0.939 bits per heavy atom. The molecular formula is C29H37FeP3+2. The number of hydrogen-bond acceptors (Lipinski definition) is 0. The standard InChI is InChI=1S/C20H20P2.C8H11P.CH3.Fe/c1-21(17-11-5-3-6-12-17)19-15-9-10-16-20(19)22(2)18-13-7-4-8-14-18;1-9(2)8-6-4-3-5-7-8;;/h3-16H,1-2H3;3-7H,1-2H3;1H3;/q;;-1;/p+3. The summed E-state index contributed by atoms with van der Waals surface area (Å²) in [6.07, 6.45) is 0. The first-order chi connectivity index (χ1) is 15.1. The van der Waals surface area contributed by atoms with E-state index in [-0.39, 0.29) is 32.4 Å². The van der Waals surface area contributed by atoms with Crippen LogP contribution in [0, 0.1) is 7.43 Å². The Balaban J connectivity index is 0.000000422. The van der Waals surface area contributed by atoms with E-state index in [0.29, 0.717) is 0 Å². The van der Waals surface area contributed by atoms with Crippen LogP contribution in [0.3, 0.4) is 0 Å². The molecule has 0 nitrogen and oxygen atoms in total. The third kappa shape index (κ3) is 8.76. The first kappa shape index (κ1) is 29.7. The maximum atomic E-state index is 2.42. The van der Waals surface area contributed by atoms with Gasteiger partial charge in [-0.1, -0.05) is 66.7 Å². The van der Waals surface area contributed by atoms with Gasteiger partial charge < -0.3 is 7.43 Å². The van der Waals surface area contributed by atoms with Crippen molar-refractivity contribution in [2.45, 2.75) is 0 Å². The molecule has 4 aromatic rings. The summed E-state index contributed by atoms with van der Waals surface area (Å²) in [5, 5.41) is 7.63. The molecular weight excluding hydrogens is 497 g/mol. The van der Waals surface area contributed by atoms with Crippen LogP contribution in [0.5, 0.6) is 0 Å². The second-order valence-electron chi connectivity index (χ2n) is 7.89. The van der Waals surface area contributed by atoms with Crippen LogP contribution in [0.4, 0.5) is 0 Å². The van der Waals surface area contributed by atoms with Gasteiger partial charge in [-0.25, -0.2) is 0 Å². The molecule has 0 aliphatic carbocycles. The van der Waals surface area contributed by atoms with Gasteiger partial charge >= 0.3 is 0 Å². The Labute approximate surface area is 216 Å². The molecule has 0 saturated heterocycles. The molecule has 2 atom stereocenters. The van der Waals surface area contributed by atoms with Crippen LogP contribution in [0.2, 0.25) is 0 Å². The van der Waals surface area contributed by atoms with E-state index in [1.807, 2.05) is 0 Å². The maximum Gasteiger partial charge on any atom is 0.138 e. The van der Waals surface area contributed by atoms with E-state index < -0.39 is 15.8 Å². The molecule has 4 heteroatoms. The van der Waals surface area contributed by atoms with Crippen molar-refractivity contribution in [3.05, 3.63) is 123 Å². The minimum Gasteiger partial charge on any atom is -0.358 e. The minimum absolute atomic E-state index is 0. The van der Waals surface area contributed by atoms with Crippen LogP contribution >= 0.6 is 23.8 Å². The van der Waals surface area contributed by atoms with Gasteiger partial charge in [0.1, 0.15) is 10.6 Å². The second kappa shape index (κ2) is 15.6. The van der Waals surface area contributed by atoms with Crippen LogP contribution in [-0.2, 0) is 17.1 Å². The van der Waals surface area contributed by atoms with Crippen molar-refractivity contribution in [2.75, 3.05) is 26.7 Å². The third-order valence-electron chi connectivity index (χ3n) is 5.50. The van der Waals surface area contributed by atoms with Gasteiger partial charge in [-0.15, -0.1) is 0 Å². The van der Waals surface area contributed by atoms with Gasteiger partial charge in [0.25, 0.3) is 0 Å². The molecule has 2 unspecified atom stereocenters. The molecule has 0 heterocycles. The summed E-state index contributed by atoms with van der Waals surface area (Å²) in [5.41, 5.74) is 0. The molecule has 4 rings (SSSR count). The normalized spacial score (nSPS) is 11.8. The Morgan fingerprint density at radius 2 is 0.667 bits per heavy atom. The molecule has 0 aliphatic rings. The van der Waals surface area contributed by atoms with Gasteiger partial charge in [0.15, 0.2) is 0 Å². The van der Waals surface area contributed by atoms with Gasteiger partial charge in [0.2, 0.25) is 0 Å². The molecule has 0 aliphatic heterocycles. The second-order valence-corrected chi connectivity index (χ2v) is 15.2. The molecule has 33 heavy (non-hydrogen) atoms. The predicted molar refractivity (Wildman–Crippen MR) is 159 cm³/mol. The zero-order valence-electron chi connectivity index (χ0n) is 20.3. The summed E-state index contributed by atoms with van der Waals surface area (Å²) in [5.74, 6) is 0.